The fourth-order valence-electron chi connectivity index (χ4n) is 2.64. The van der Waals surface area contributed by atoms with E-state index in [4.69, 9.17) is 11.6 Å². The molecule has 3 aromatic rings. The van der Waals surface area contributed by atoms with Crippen molar-refractivity contribution < 1.29 is 9.72 Å². The highest BCUT2D eigenvalue weighted by Crippen LogP contribution is 2.23. The molecular formula is C19H18ClN5O3S. The molecule has 8 nitrogen and oxygen atoms in total. The summed E-state index contributed by atoms with van der Waals surface area (Å²) in [5.41, 5.74) is 1.41. The van der Waals surface area contributed by atoms with Crippen molar-refractivity contribution in [2.24, 2.45) is 0 Å². The van der Waals surface area contributed by atoms with E-state index in [1.54, 1.807) is 36.4 Å². The smallest absolute Gasteiger partial charge is 0.269 e. The molecule has 150 valence electrons. The Bertz CT molecular complexity index is 1020. The number of benzene rings is 2. The highest BCUT2D eigenvalue weighted by atomic mass is 35.5. The molecule has 0 aliphatic carbocycles. The van der Waals surface area contributed by atoms with Crippen LogP contribution >= 0.6 is 23.4 Å². The average molecular weight is 432 g/mol. The number of nitrogens with one attached hydrogen (secondary N) is 1. The van der Waals surface area contributed by atoms with E-state index in [1.807, 2.05) is 11.5 Å². The number of hydrogen-bond donors (Lipinski definition) is 1. The van der Waals surface area contributed by atoms with Crippen molar-refractivity contribution in [1.82, 2.24) is 20.1 Å². The van der Waals surface area contributed by atoms with Crippen molar-refractivity contribution in [2.75, 3.05) is 0 Å². The van der Waals surface area contributed by atoms with Gasteiger partial charge >= 0.3 is 0 Å². The molecule has 29 heavy (non-hydrogen) atoms. The van der Waals surface area contributed by atoms with E-state index in [-0.39, 0.29) is 18.1 Å². The Morgan fingerprint density at radius 3 is 2.59 bits per heavy atom. The average Bonchev–Trinajstić information content (AvgIpc) is 3.13. The number of amides is 1. The number of nitro groups is 1. The number of carbonyl (C=O) groups is 1. The number of thioether (sulfide) groups is 1. The monoisotopic (exact) mass is 431 g/mol. The second-order valence-electron chi connectivity index (χ2n) is 6.02. The number of rotatable bonds is 8. The third-order valence-electron chi connectivity index (χ3n) is 4.15. The Balaban J connectivity index is 1.63. The molecule has 10 heteroatoms. The standard InChI is InChI=1S/C19H18ClN5O3S/c1-2-24-17(11-21-18(26)15-5-3-4-6-16(15)20)22-23-19(24)29-12-13-7-9-14(10-8-13)25(27)28/h3-10H,2,11-12H2,1H3,(H,21,26). The van der Waals surface area contributed by atoms with Gasteiger partial charge in [-0.25, -0.2) is 0 Å². The van der Waals surface area contributed by atoms with E-state index in [1.165, 1.54) is 23.9 Å². The van der Waals surface area contributed by atoms with Crippen LogP contribution in [0.3, 0.4) is 0 Å². The number of hydrogen-bond acceptors (Lipinski definition) is 6. The van der Waals surface area contributed by atoms with Crippen LogP contribution in [0.4, 0.5) is 5.69 Å². The maximum absolute atomic E-state index is 12.3. The van der Waals surface area contributed by atoms with Gasteiger partial charge in [-0.05, 0) is 24.6 Å². The molecule has 0 bridgehead atoms. The first-order chi connectivity index (χ1) is 14.0. The van der Waals surface area contributed by atoms with Gasteiger partial charge in [-0.1, -0.05) is 47.6 Å². The minimum Gasteiger partial charge on any atom is -0.345 e. The van der Waals surface area contributed by atoms with Gasteiger partial charge in [0.1, 0.15) is 0 Å². The van der Waals surface area contributed by atoms with Gasteiger partial charge in [-0.15, -0.1) is 10.2 Å². The van der Waals surface area contributed by atoms with Crippen LogP contribution in [0.25, 0.3) is 0 Å². The Labute approximate surface area is 176 Å². The van der Waals surface area contributed by atoms with Crippen LogP contribution in [0.2, 0.25) is 5.02 Å². The molecule has 1 N–H and O–H groups in total. The molecule has 0 fully saturated rings. The molecule has 1 aromatic heterocycles. The normalized spacial score (nSPS) is 10.7. The van der Waals surface area contributed by atoms with Gasteiger partial charge in [0.25, 0.3) is 11.6 Å². The fraction of sp³-hybridized carbons (Fsp3) is 0.211. The molecule has 1 amide bonds. The van der Waals surface area contributed by atoms with Crippen LogP contribution in [0.15, 0.2) is 53.7 Å². The lowest BCUT2D eigenvalue weighted by atomic mass is 10.2. The summed E-state index contributed by atoms with van der Waals surface area (Å²) in [5, 5.41) is 23.0. The predicted molar refractivity (Wildman–Crippen MR) is 111 cm³/mol. The van der Waals surface area contributed by atoms with E-state index in [2.05, 4.69) is 15.5 Å². The third kappa shape index (κ3) is 5.12. The number of nitrogens with zero attached hydrogens (tertiary/aromatic N) is 4. The Morgan fingerprint density at radius 1 is 1.21 bits per heavy atom. The van der Waals surface area contributed by atoms with E-state index in [0.29, 0.717) is 33.9 Å². The number of halogens is 1. The molecule has 0 aliphatic rings. The summed E-state index contributed by atoms with van der Waals surface area (Å²) in [4.78, 5) is 22.6. The van der Waals surface area contributed by atoms with Crippen molar-refractivity contribution in [3.8, 4) is 0 Å². The van der Waals surface area contributed by atoms with E-state index in [0.717, 1.165) is 5.56 Å². The van der Waals surface area contributed by atoms with E-state index in [9.17, 15) is 14.9 Å². The lowest BCUT2D eigenvalue weighted by Crippen LogP contribution is -2.25. The minimum atomic E-state index is -0.423. The molecule has 0 aliphatic heterocycles. The Hall–Kier alpha value is -2.91. The van der Waals surface area contributed by atoms with Crippen molar-refractivity contribution in [2.45, 2.75) is 30.9 Å². The van der Waals surface area contributed by atoms with Gasteiger partial charge in [0.15, 0.2) is 11.0 Å². The molecule has 0 radical (unpaired) electrons. The summed E-state index contributed by atoms with van der Waals surface area (Å²) >= 11 is 7.53. The Kier molecular flexibility index (Phi) is 6.84. The van der Waals surface area contributed by atoms with Gasteiger partial charge < -0.3 is 9.88 Å². The molecule has 3 rings (SSSR count). The lowest BCUT2D eigenvalue weighted by Gasteiger charge is -2.09. The number of nitro benzene ring substituents is 1. The zero-order valence-corrected chi connectivity index (χ0v) is 17.1. The molecule has 0 atom stereocenters. The summed E-state index contributed by atoms with van der Waals surface area (Å²) in [6.07, 6.45) is 0. The first-order valence-electron chi connectivity index (χ1n) is 8.80. The summed E-state index contributed by atoms with van der Waals surface area (Å²) in [6.45, 7) is 2.84. The molecule has 1 heterocycles. The van der Waals surface area contributed by atoms with Crippen molar-refractivity contribution in [1.29, 1.82) is 0 Å². The largest absolute Gasteiger partial charge is 0.345 e. The topological polar surface area (TPSA) is 103 Å². The fourth-order valence-corrected chi connectivity index (χ4v) is 3.83. The molecule has 0 spiro atoms. The van der Waals surface area contributed by atoms with Crippen LogP contribution < -0.4 is 5.32 Å². The molecular weight excluding hydrogens is 414 g/mol. The lowest BCUT2D eigenvalue weighted by molar-refractivity contribution is -0.384. The van der Waals surface area contributed by atoms with Crippen molar-refractivity contribution in [3.63, 3.8) is 0 Å². The summed E-state index contributed by atoms with van der Waals surface area (Å²) < 4.78 is 1.92. The van der Waals surface area contributed by atoms with Crippen molar-refractivity contribution in [3.05, 3.63) is 80.6 Å². The van der Waals surface area contributed by atoms with Crippen LogP contribution in [-0.4, -0.2) is 25.6 Å². The van der Waals surface area contributed by atoms with Crippen LogP contribution in [0.5, 0.6) is 0 Å². The third-order valence-corrected chi connectivity index (χ3v) is 5.52. The van der Waals surface area contributed by atoms with Gasteiger partial charge in [0.2, 0.25) is 0 Å². The second-order valence-corrected chi connectivity index (χ2v) is 7.37. The molecule has 0 saturated carbocycles. The number of non-ortho nitro benzene ring substituents is 1. The number of carbonyl (C=O) groups excluding carboxylic acids is 1. The van der Waals surface area contributed by atoms with Gasteiger partial charge in [0, 0.05) is 24.4 Å². The predicted octanol–water partition coefficient (Wildman–Crippen LogP) is 4.08. The molecule has 2 aromatic carbocycles. The van der Waals surface area contributed by atoms with Crippen molar-refractivity contribution >= 4 is 35.0 Å². The zero-order chi connectivity index (χ0) is 20.8. The quantitative estimate of drug-likeness (QED) is 0.327. The minimum absolute atomic E-state index is 0.0621. The summed E-state index contributed by atoms with van der Waals surface area (Å²) in [5.74, 6) is 0.961. The first-order valence-corrected chi connectivity index (χ1v) is 10.2. The van der Waals surface area contributed by atoms with Gasteiger partial charge in [-0.3, -0.25) is 14.9 Å². The first kappa shape index (κ1) is 20.8. The molecule has 0 saturated heterocycles. The zero-order valence-electron chi connectivity index (χ0n) is 15.5. The second kappa shape index (κ2) is 9.53. The maximum atomic E-state index is 12.3. The van der Waals surface area contributed by atoms with E-state index >= 15 is 0 Å². The van der Waals surface area contributed by atoms with Gasteiger partial charge in [-0.2, -0.15) is 0 Å². The van der Waals surface area contributed by atoms with Gasteiger partial charge in [0.05, 0.1) is 22.1 Å². The highest BCUT2D eigenvalue weighted by molar-refractivity contribution is 7.98. The summed E-state index contributed by atoms with van der Waals surface area (Å²) in [7, 11) is 0. The van der Waals surface area contributed by atoms with Crippen LogP contribution in [-0.2, 0) is 18.8 Å². The number of aromatic nitrogens is 3. The SMILES string of the molecule is CCn1c(CNC(=O)c2ccccc2Cl)nnc1SCc1ccc([N+](=O)[O-])cc1. The molecule has 0 unspecified atom stereocenters. The maximum Gasteiger partial charge on any atom is 0.269 e. The van der Waals surface area contributed by atoms with Crippen LogP contribution in [0, 0.1) is 10.1 Å². The highest BCUT2D eigenvalue weighted by Gasteiger charge is 2.15. The van der Waals surface area contributed by atoms with Crippen LogP contribution in [0.1, 0.15) is 28.7 Å². The Morgan fingerprint density at radius 2 is 1.93 bits per heavy atom. The summed E-state index contributed by atoms with van der Waals surface area (Å²) in [6, 6.07) is 13.3. The van der Waals surface area contributed by atoms with E-state index < -0.39 is 4.92 Å².